The highest BCUT2D eigenvalue weighted by Gasteiger charge is 2.23. The van der Waals surface area contributed by atoms with Crippen molar-refractivity contribution in [1.29, 1.82) is 0 Å². The third-order valence-electron chi connectivity index (χ3n) is 6.10. The number of halogens is 2. The van der Waals surface area contributed by atoms with Crippen LogP contribution in [0, 0.1) is 11.6 Å². The lowest BCUT2D eigenvalue weighted by atomic mass is 10.00. The zero-order chi connectivity index (χ0) is 27.0. The molecule has 6 nitrogen and oxygen atoms in total. The first kappa shape index (κ1) is 28.4. The summed E-state index contributed by atoms with van der Waals surface area (Å²) in [7, 11) is -3.41. The van der Waals surface area contributed by atoms with Gasteiger partial charge in [-0.2, -0.15) is 0 Å². The predicted molar refractivity (Wildman–Crippen MR) is 139 cm³/mol. The normalized spacial score (nSPS) is 13.2. The second kappa shape index (κ2) is 12.9. The Hall–Kier alpha value is -3.14. The monoisotopic (exact) mass is 530 g/mol. The molecule has 0 aliphatic heterocycles. The van der Waals surface area contributed by atoms with Gasteiger partial charge < -0.3 is 15.7 Å². The molecule has 3 aromatic rings. The molecule has 0 aromatic heterocycles. The van der Waals surface area contributed by atoms with Crippen LogP contribution in [0.25, 0.3) is 0 Å². The van der Waals surface area contributed by atoms with Crippen molar-refractivity contribution in [1.82, 2.24) is 10.6 Å². The molecule has 198 valence electrons. The van der Waals surface area contributed by atoms with E-state index >= 15 is 0 Å². The van der Waals surface area contributed by atoms with Gasteiger partial charge in [-0.25, -0.2) is 17.2 Å². The molecular weight excluding hydrogens is 498 g/mol. The third-order valence-corrected chi connectivity index (χ3v) is 7.85. The number of nitrogens with one attached hydrogen (secondary N) is 2. The van der Waals surface area contributed by atoms with Gasteiger partial charge in [0.05, 0.1) is 22.8 Å². The minimum atomic E-state index is -3.41. The zero-order valence-electron chi connectivity index (χ0n) is 20.9. The Morgan fingerprint density at radius 2 is 1.57 bits per heavy atom. The Morgan fingerprint density at radius 3 is 2.19 bits per heavy atom. The predicted octanol–water partition coefficient (Wildman–Crippen LogP) is 3.81. The smallest absolute Gasteiger partial charge is 0.251 e. The molecule has 1 amide bonds. The topological polar surface area (TPSA) is 95.5 Å². The van der Waals surface area contributed by atoms with E-state index in [1.807, 2.05) is 18.2 Å². The number of aliphatic hydroxyl groups is 1. The number of hydrogen-bond donors (Lipinski definition) is 3. The van der Waals surface area contributed by atoms with Crippen molar-refractivity contribution >= 4 is 15.7 Å². The molecule has 0 saturated carbocycles. The summed E-state index contributed by atoms with van der Waals surface area (Å²) in [5.74, 6) is -2.11. The highest BCUT2D eigenvalue weighted by atomic mass is 32.2. The van der Waals surface area contributed by atoms with Crippen molar-refractivity contribution in [2.24, 2.45) is 0 Å². The van der Waals surface area contributed by atoms with Gasteiger partial charge in [-0.1, -0.05) is 38.1 Å². The minimum Gasteiger partial charge on any atom is -0.390 e. The summed E-state index contributed by atoms with van der Waals surface area (Å²) in [5, 5.41) is 16.8. The van der Waals surface area contributed by atoms with E-state index in [4.69, 9.17) is 0 Å². The van der Waals surface area contributed by atoms with Crippen LogP contribution in [0.4, 0.5) is 8.78 Å². The van der Waals surface area contributed by atoms with E-state index in [1.54, 1.807) is 0 Å². The van der Waals surface area contributed by atoms with E-state index in [2.05, 4.69) is 23.6 Å². The molecule has 0 bridgehead atoms. The Kier molecular flexibility index (Phi) is 9.91. The van der Waals surface area contributed by atoms with Crippen molar-refractivity contribution in [3.63, 3.8) is 0 Å². The highest BCUT2D eigenvalue weighted by Crippen LogP contribution is 2.15. The fourth-order valence-corrected chi connectivity index (χ4v) is 4.85. The summed E-state index contributed by atoms with van der Waals surface area (Å²) >= 11 is 0. The summed E-state index contributed by atoms with van der Waals surface area (Å²) in [4.78, 5) is 13.0. The van der Waals surface area contributed by atoms with Crippen molar-refractivity contribution in [2.75, 3.05) is 12.3 Å². The number of benzene rings is 3. The van der Waals surface area contributed by atoms with Crippen LogP contribution in [-0.2, 0) is 29.2 Å². The van der Waals surface area contributed by atoms with Gasteiger partial charge in [0.25, 0.3) is 5.91 Å². The SMILES string of the molecule is CCc1cccc(CNCC(O)C(Cc2cc(F)cc(F)c2)NC(=O)c2ccc(S(=O)(=O)CC)cc2)c1. The lowest BCUT2D eigenvalue weighted by Gasteiger charge is -2.25. The van der Waals surface area contributed by atoms with Gasteiger partial charge in [0, 0.05) is 24.7 Å². The maximum absolute atomic E-state index is 13.8. The van der Waals surface area contributed by atoms with Gasteiger partial charge in [0.1, 0.15) is 11.6 Å². The van der Waals surface area contributed by atoms with Gasteiger partial charge in [-0.3, -0.25) is 4.79 Å². The molecule has 0 aliphatic rings. The van der Waals surface area contributed by atoms with Crippen LogP contribution in [0.5, 0.6) is 0 Å². The number of aryl methyl sites for hydroxylation is 1. The van der Waals surface area contributed by atoms with Crippen LogP contribution in [-0.4, -0.2) is 43.9 Å². The second-order valence-corrected chi connectivity index (χ2v) is 11.1. The molecule has 37 heavy (non-hydrogen) atoms. The maximum atomic E-state index is 13.8. The fraction of sp³-hybridized carbons (Fsp3) is 0.321. The maximum Gasteiger partial charge on any atom is 0.251 e. The van der Waals surface area contributed by atoms with Crippen LogP contribution in [0.1, 0.15) is 40.9 Å². The molecule has 0 saturated heterocycles. The van der Waals surface area contributed by atoms with Crippen molar-refractivity contribution in [3.8, 4) is 0 Å². The Balaban J connectivity index is 1.73. The first-order valence-electron chi connectivity index (χ1n) is 12.2. The Labute approximate surface area is 216 Å². The van der Waals surface area contributed by atoms with Crippen LogP contribution < -0.4 is 10.6 Å². The molecule has 9 heteroatoms. The number of rotatable bonds is 12. The average molecular weight is 531 g/mol. The number of hydrogen-bond acceptors (Lipinski definition) is 5. The second-order valence-electron chi connectivity index (χ2n) is 8.86. The van der Waals surface area contributed by atoms with E-state index < -0.39 is 39.5 Å². The molecule has 0 fully saturated rings. The Morgan fingerprint density at radius 1 is 0.919 bits per heavy atom. The first-order valence-corrected chi connectivity index (χ1v) is 13.8. The summed E-state index contributed by atoms with van der Waals surface area (Å²) in [6, 6.07) is 15.7. The van der Waals surface area contributed by atoms with E-state index in [0.29, 0.717) is 6.54 Å². The lowest BCUT2D eigenvalue weighted by molar-refractivity contribution is 0.0829. The van der Waals surface area contributed by atoms with Crippen molar-refractivity contribution < 1.29 is 27.1 Å². The molecular formula is C28H32F2N2O4S. The van der Waals surface area contributed by atoms with Gasteiger partial charge in [0.2, 0.25) is 0 Å². The summed E-state index contributed by atoms with van der Waals surface area (Å²) in [6.45, 7) is 4.21. The molecule has 2 atom stereocenters. The highest BCUT2D eigenvalue weighted by molar-refractivity contribution is 7.91. The van der Waals surface area contributed by atoms with Gasteiger partial charge >= 0.3 is 0 Å². The number of carbonyl (C=O) groups excluding carboxylic acids is 1. The number of sulfone groups is 1. The van der Waals surface area contributed by atoms with Crippen molar-refractivity contribution in [3.05, 3.63) is 101 Å². The van der Waals surface area contributed by atoms with Gasteiger partial charge in [-0.05, 0) is 65.9 Å². The van der Waals surface area contributed by atoms with Crippen LogP contribution in [0.3, 0.4) is 0 Å². The van der Waals surface area contributed by atoms with Crippen molar-refractivity contribution in [2.45, 2.75) is 50.3 Å². The molecule has 3 aromatic carbocycles. The minimum absolute atomic E-state index is 0.0170. The molecule has 3 N–H and O–H groups in total. The summed E-state index contributed by atoms with van der Waals surface area (Å²) in [6.07, 6.45) is -0.193. The molecule has 0 aliphatic carbocycles. The van der Waals surface area contributed by atoms with Crippen LogP contribution in [0.2, 0.25) is 0 Å². The van der Waals surface area contributed by atoms with Gasteiger partial charge in [-0.15, -0.1) is 0 Å². The molecule has 2 unspecified atom stereocenters. The quantitative estimate of drug-likeness (QED) is 0.331. The zero-order valence-corrected chi connectivity index (χ0v) is 21.7. The molecule has 0 heterocycles. The summed E-state index contributed by atoms with van der Waals surface area (Å²) < 4.78 is 51.6. The average Bonchev–Trinajstić information content (AvgIpc) is 2.87. The Bertz CT molecular complexity index is 1290. The van der Waals surface area contributed by atoms with E-state index in [-0.39, 0.29) is 34.7 Å². The van der Waals surface area contributed by atoms with E-state index in [9.17, 15) is 27.1 Å². The fourth-order valence-electron chi connectivity index (χ4n) is 3.96. The standard InChI is InChI=1S/C28H32F2N2O4S/c1-3-19-6-5-7-20(12-19)17-31-18-27(33)26(15-21-13-23(29)16-24(30)14-21)32-28(34)22-8-10-25(11-9-22)37(35,36)4-2/h5-14,16,26-27,31,33H,3-4,15,17-18H2,1-2H3,(H,32,34). The first-order chi connectivity index (χ1) is 17.6. The number of carbonyl (C=O) groups is 1. The molecule has 0 spiro atoms. The van der Waals surface area contributed by atoms with Gasteiger partial charge in [0.15, 0.2) is 9.84 Å². The van der Waals surface area contributed by atoms with E-state index in [0.717, 1.165) is 30.2 Å². The van der Waals surface area contributed by atoms with Crippen LogP contribution in [0.15, 0.2) is 71.6 Å². The molecule has 0 radical (unpaired) electrons. The number of amides is 1. The molecule has 3 rings (SSSR count). The largest absolute Gasteiger partial charge is 0.390 e. The van der Waals surface area contributed by atoms with Crippen LogP contribution >= 0.6 is 0 Å². The summed E-state index contributed by atoms with van der Waals surface area (Å²) in [5.41, 5.74) is 2.71. The van der Waals surface area contributed by atoms with E-state index in [1.165, 1.54) is 36.8 Å². The number of aliphatic hydroxyl groups excluding tert-OH is 1. The lowest BCUT2D eigenvalue weighted by Crippen LogP contribution is -2.48. The third kappa shape index (κ3) is 8.18.